The van der Waals surface area contributed by atoms with Crippen LogP contribution < -0.4 is 15.4 Å². The lowest BCUT2D eigenvalue weighted by Gasteiger charge is -2.29. The highest BCUT2D eigenvalue weighted by Crippen LogP contribution is 2.33. The fourth-order valence-electron chi connectivity index (χ4n) is 3.88. The SMILES string of the molecule is Cn1c(Nc2cc(C(F)(F)F)ccc2F)nc2cc(Oc3ccnc(NC(=O)CN4CCC4)c3)ccc21. The summed E-state index contributed by atoms with van der Waals surface area (Å²) >= 11 is 0. The molecule has 0 saturated carbocycles. The number of anilines is 3. The minimum absolute atomic E-state index is 0.154. The van der Waals surface area contributed by atoms with E-state index < -0.39 is 17.6 Å². The summed E-state index contributed by atoms with van der Waals surface area (Å²) in [6, 6.07) is 10.4. The van der Waals surface area contributed by atoms with Crippen LogP contribution in [-0.4, -0.2) is 45.0 Å². The number of alkyl halides is 3. The number of amides is 1. The lowest BCUT2D eigenvalue weighted by molar-refractivity contribution is -0.137. The molecule has 2 aromatic heterocycles. The molecule has 12 heteroatoms. The van der Waals surface area contributed by atoms with E-state index in [0.717, 1.165) is 25.6 Å². The van der Waals surface area contributed by atoms with Gasteiger partial charge in [0.1, 0.15) is 23.1 Å². The van der Waals surface area contributed by atoms with Crippen LogP contribution in [-0.2, 0) is 18.0 Å². The average Bonchev–Trinajstić information content (AvgIpc) is 3.12. The summed E-state index contributed by atoms with van der Waals surface area (Å²) in [5, 5.41) is 5.39. The number of likely N-dealkylation sites (tertiary alicyclic amines) is 1. The first kappa shape index (κ1) is 24.5. The third-order valence-electron chi connectivity index (χ3n) is 5.94. The van der Waals surface area contributed by atoms with E-state index in [1.807, 2.05) is 4.90 Å². The number of aromatic nitrogens is 3. The first-order valence-electron chi connectivity index (χ1n) is 11.4. The summed E-state index contributed by atoms with van der Waals surface area (Å²) < 4.78 is 60.9. The lowest BCUT2D eigenvalue weighted by atomic mass is 10.2. The van der Waals surface area contributed by atoms with Crippen molar-refractivity contribution in [1.82, 2.24) is 19.4 Å². The number of hydrogen-bond donors (Lipinski definition) is 2. The van der Waals surface area contributed by atoms with Crippen molar-refractivity contribution >= 4 is 34.4 Å². The molecule has 0 radical (unpaired) electrons. The van der Waals surface area contributed by atoms with Gasteiger partial charge in [-0.3, -0.25) is 9.69 Å². The van der Waals surface area contributed by atoms with Crippen LogP contribution in [0.4, 0.5) is 35.0 Å². The van der Waals surface area contributed by atoms with Gasteiger partial charge in [0, 0.05) is 25.4 Å². The van der Waals surface area contributed by atoms with Crippen molar-refractivity contribution in [2.24, 2.45) is 7.05 Å². The smallest absolute Gasteiger partial charge is 0.416 e. The van der Waals surface area contributed by atoms with E-state index >= 15 is 0 Å². The Morgan fingerprint density at radius 3 is 2.59 bits per heavy atom. The van der Waals surface area contributed by atoms with Gasteiger partial charge in [-0.25, -0.2) is 14.4 Å². The molecule has 1 saturated heterocycles. The summed E-state index contributed by atoms with van der Waals surface area (Å²) in [6.45, 7) is 2.13. The largest absolute Gasteiger partial charge is 0.457 e. The standard InChI is InChI=1S/C25H22F4N6O2/c1-34-21-6-4-16(37-17-7-8-30-22(13-17)33-23(36)14-35-9-2-10-35)12-20(21)32-24(34)31-19-11-15(25(27,28)29)3-5-18(19)26/h3-8,11-13H,2,9-10,14H2,1H3,(H,31,32)(H,30,33,36). The molecule has 1 aliphatic heterocycles. The van der Waals surface area contributed by atoms with E-state index in [4.69, 9.17) is 4.74 Å². The van der Waals surface area contributed by atoms with Crippen LogP contribution in [0.3, 0.4) is 0 Å². The maximum atomic E-state index is 14.2. The van der Waals surface area contributed by atoms with Crippen molar-refractivity contribution in [3.63, 3.8) is 0 Å². The number of nitrogens with one attached hydrogen (secondary N) is 2. The molecule has 1 amide bonds. The highest BCUT2D eigenvalue weighted by molar-refractivity contribution is 5.91. The van der Waals surface area contributed by atoms with Crippen LogP contribution in [0, 0.1) is 5.82 Å². The van der Waals surface area contributed by atoms with Crippen LogP contribution in [0.2, 0.25) is 0 Å². The molecule has 3 heterocycles. The van der Waals surface area contributed by atoms with Crippen LogP contribution in [0.25, 0.3) is 11.0 Å². The number of benzene rings is 2. The van der Waals surface area contributed by atoms with E-state index in [1.54, 1.807) is 41.9 Å². The normalized spacial score (nSPS) is 13.9. The number of aryl methyl sites for hydroxylation is 1. The van der Waals surface area contributed by atoms with E-state index in [1.165, 1.54) is 6.20 Å². The number of carbonyl (C=O) groups excluding carboxylic acids is 1. The van der Waals surface area contributed by atoms with Gasteiger partial charge in [-0.05, 0) is 55.9 Å². The molecule has 4 aromatic rings. The maximum absolute atomic E-state index is 14.2. The molecule has 8 nitrogen and oxygen atoms in total. The Hall–Kier alpha value is -4.19. The van der Waals surface area contributed by atoms with E-state index in [2.05, 4.69) is 20.6 Å². The van der Waals surface area contributed by atoms with Crippen molar-refractivity contribution in [3.8, 4) is 11.5 Å². The van der Waals surface area contributed by atoms with Crippen molar-refractivity contribution in [3.05, 3.63) is 66.1 Å². The molecule has 2 aromatic carbocycles. The number of imidazole rings is 1. The Labute approximate surface area is 208 Å². The van der Waals surface area contributed by atoms with E-state index in [0.29, 0.717) is 47.0 Å². The number of fused-ring (bicyclic) bond motifs is 1. The van der Waals surface area contributed by atoms with E-state index in [-0.39, 0.29) is 17.5 Å². The monoisotopic (exact) mass is 514 g/mol. The highest BCUT2D eigenvalue weighted by Gasteiger charge is 2.31. The summed E-state index contributed by atoms with van der Waals surface area (Å²) in [7, 11) is 1.65. The van der Waals surface area contributed by atoms with Crippen molar-refractivity contribution < 1.29 is 27.1 Å². The van der Waals surface area contributed by atoms with Crippen LogP contribution >= 0.6 is 0 Å². The van der Waals surface area contributed by atoms with Crippen LogP contribution in [0.5, 0.6) is 11.5 Å². The van der Waals surface area contributed by atoms with Gasteiger partial charge < -0.3 is 19.9 Å². The minimum atomic E-state index is -4.60. The average molecular weight is 514 g/mol. The van der Waals surface area contributed by atoms with Gasteiger partial charge in [0.15, 0.2) is 0 Å². The molecule has 192 valence electrons. The predicted molar refractivity (Wildman–Crippen MR) is 129 cm³/mol. The predicted octanol–water partition coefficient (Wildman–Crippen LogP) is 5.31. The van der Waals surface area contributed by atoms with E-state index in [9.17, 15) is 22.4 Å². The summed E-state index contributed by atoms with van der Waals surface area (Å²) in [5.74, 6) is 0.393. The number of halogens is 4. The lowest BCUT2D eigenvalue weighted by Crippen LogP contribution is -2.42. The van der Waals surface area contributed by atoms with Gasteiger partial charge in [0.2, 0.25) is 11.9 Å². The summed E-state index contributed by atoms with van der Waals surface area (Å²) in [5.41, 5.74) is -0.188. The Balaban J connectivity index is 1.32. The van der Waals surface area contributed by atoms with Gasteiger partial charge in [-0.2, -0.15) is 13.2 Å². The summed E-state index contributed by atoms with van der Waals surface area (Å²) in [4.78, 5) is 22.7. The Morgan fingerprint density at radius 1 is 1.08 bits per heavy atom. The third kappa shape index (κ3) is 5.48. The molecule has 0 spiro atoms. The second-order valence-corrected chi connectivity index (χ2v) is 8.62. The Morgan fingerprint density at radius 2 is 1.86 bits per heavy atom. The Kier molecular flexibility index (Phi) is 6.42. The zero-order chi connectivity index (χ0) is 26.2. The minimum Gasteiger partial charge on any atom is -0.457 e. The molecule has 5 rings (SSSR count). The zero-order valence-corrected chi connectivity index (χ0v) is 19.6. The molecule has 0 unspecified atom stereocenters. The molecule has 1 fully saturated rings. The molecular weight excluding hydrogens is 492 g/mol. The van der Waals surface area contributed by atoms with Gasteiger partial charge in [-0.1, -0.05) is 0 Å². The number of ether oxygens (including phenoxy) is 1. The zero-order valence-electron chi connectivity index (χ0n) is 19.6. The van der Waals surface area contributed by atoms with Crippen molar-refractivity contribution in [1.29, 1.82) is 0 Å². The quantitative estimate of drug-likeness (QED) is 0.326. The third-order valence-corrected chi connectivity index (χ3v) is 5.94. The molecule has 37 heavy (non-hydrogen) atoms. The first-order chi connectivity index (χ1) is 17.7. The molecule has 0 bridgehead atoms. The van der Waals surface area contributed by atoms with Gasteiger partial charge in [-0.15, -0.1) is 0 Å². The molecule has 0 atom stereocenters. The van der Waals surface area contributed by atoms with Crippen LogP contribution in [0.1, 0.15) is 12.0 Å². The number of nitrogens with zero attached hydrogens (tertiary/aromatic N) is 4. The van der Waals surface area contributed by atoms with Gasteiger partial charge in [0.05, 0.1) is 28.8 Å². The number of carbonyl (C=O) groups is 1. The van der Waals surface area contributed by atoms with Crippen molar-refractivity contribution in [2.75, 3.05) is 30.3 Å². The maximum Gasteiger partial charge on any atom is 0.416 e. The summed E-state index contributed by atoms with van der Waals surface area (Å²) in [6.07, 6.45) is -2.00. The van der Waals surface area contributed by atoms with Crippen LogP contribution in [0.15, 0.2) is 54.7 Å². The van der Waals surface area contributed by atoms with Gasteiger partial charge >= 0.3 is 6.18 Å². The molecule has 0 aliphatic carbocycles. The topological polar surface area (TPSA) is 84.3 Å². The highest BCUT2D eigenvalue weighted by atomic mass is 19.4. The number of hydrogen-bond acceptors (Lipinski definition) is 6. The second kappa shape index (κ2) is 9.69. The molecule has 1 aliphatic rings. The fourth-order valence-corrected chi connectivity index (χ4v) is 3.88. The number of rotatable bonds is 7. The van der Waals surface area contributed by atoms with Gasteiger partial charge in [0.25, 0.3) is 0 Å². The molecule has 2 N–H and O–H groups in total. The number of pyridine rings is 1. The van der Waals surface area contributed by atoms with Crippen molar-refractivity contribution in [2.45, 2.75) is 12.6 Å². The molecular formula is C25H22F4N6O2. The fraction of sp³-hybridized carbons (Fsp3) is 0.240. The Bertz CT molecular complexity index is 1470. The second-order valence-electron chi connectivity index (χ2n) is 8.62. The first-order valence-corrected chi connectivity index (χ1v) is 11.4.